The molecule has 1 heterocycles. The molecule has 1 aromatic rings. The van der Waals surface area contributed by atoms with E-state index in [9.17, 15) is 27.6 Å². The highest BCUT2D eigenvalue weighted by atomic mass is 32.2. The molecule has 1 saturated carbocycles. The van der Waals surface area contributed by atoms with Crippen molar-refractivity contribution in [3.8, 4) is 0 Å². The fraction of sp³-hybridized carbons (Fsp3) is 0.571. The van der Waals surface area contributed by atoms with Crippen LogP contribution in [-0.2, 0) is 27.1 Å². The third-order valence-electron chi connectivity index (χ3n) is 5.83. The topological polar surface area (TPSA) is 66.5 Å². The van der Waals surface area contributed by atoms with Crippen molar-refractivity contribution in [3.63, 3.8) is 0 Å². The van der Waals surface area contributed by atoms with E-state index in [0.29, 0.717) is 30.6 Å². The summed E-state index contributed by atoms with van der Waals surface area (Å²) in [5.41, 5.74) is -0.251. The number of thioether (sulfide) groups is 1. The van der Waals surface area contributed by atoms with Gasteiger partial charge in [0.25, 0.3) is 0 Å². The lowest BCUT2D eigenvalue weighted by atomic mass is 9.81. The number of alkyl halides is 3. The monoisotopic (exact) mass is 442 g/mol. The summed E-state index contributed by atoms with van der Waals surface area (Å²) < 4.78 is 38.1. The average Bonchev–Trinajstić information content (AvgIpc) is 2.97. The summed E-state index contributed by atoms with van der Waals surface area (Å²) in [5.74, 6) is -1.04. The van der Waals surface area contributed by atoms with Gasteiger partial charge in [-0.25, -0.2) is 0 Å². The van der Waals surface area contributed by atoms with Crippen LogP contribution in [0.25, 0.3) is 0 Å². The van der Waals surface area contributed by atoms with Crippen LogP contribution in [0.2, 0.25) is 0 Å². The van der Waals surface area contributed by atoms with E-state index in [1.165, 1.54) is 23.9 Å². The van der Waals surface area contributed by atoms with Gasteiger partial charge < -0.3 is 5.32 Å². The van der Waals surface area contributed by atoms with Crippen LogP contribution in [0.15, 0.2) is 24.3 Å². The van der Waals surface area contributed by atoms with Gasteiger partial charge in [-0.1, -0.05) is 25.0 Å². The lowest BCUT2D eigenvalue weighted by molar-refractivity contribution is -0.148. The number of hydrogen-bond acceptors (Lipinski definition) is 4. The Morgan fingerprint density at radius 3 is 2.20 bits per heavy atom. The minimum atomic E-state index is -4.42. The highest BCUT2D eigenvalue weighted by Crippen LogP contribution is 2.39. The molecule has 2 fully saturated rings. The van der Waals surface area contributed by atoms with Crippen LogP contribution < -0.4 is 5.32 Å². The van der Waals surface area contributed by atoms with Gasteiger partial charge in [-0.2, -0.15) is 24.9 Å². The third-order valence-corrected chi connectivity index (χ3v) is 6.48. The van der Waals surface area contributed by atoms with E-state index < -0.39 is 23.7 Å². The first-order valence-corrected chi connectivity index (χ1v) is 11.4. The van der Waals surface area contributed by atoms with Gasteiger partial charge in [-0.15, -0.1) is 0 Å². The lowest BCUT2D eigenvalue weighted by Gasteiger charge is -2.26. The molecule has 1 aliphatic carbocycles. The van der Waals surface area contributed by atoms with Gasteiger partial charge >= 0.3 is 6.18 Å². The number of fused-ring (bicyclic) bond motifs is 1. The highest BCUT2D eigenvalue weighted by molar-refractivity contribution is 7.98. The molecule has 30 heavy (non-hydrogen) atoms. The van der Waals surface area contributed by atoms with Crippen molar-refractivity contribution in [3.05, 3.63) is 35.4 Å². The maximum atomic E-state index is 12.9. The molecule has 1 N–H and O–H groups in total. The Bertz CT molecular complexity index is 774. The highest BCUT2D eigenvalue weighted by Gasteiger charge is 2.51. The van der Waals surface area contributed by atoms with E-state index >= 15 is 0 Å². The number of benzene rings is 1. The zero-order valence-electron chi connectivity index (χ0n) is 16.7. The Kier molecular flexibility index (Phi) is 7.10. The molecule has 164 valence electrons. The number of carbonyl (C=O) groups excluding carboxylic acids is 3. The van der Waals surface area contributed by atoms with E-state index in [4.69, 9.17) is 0 Å². The molecule has 5 nitrogen and oxygen atoms in total. The second-order valence-electron chi connectivity index (χ2n) is 7.75. The van der Waals surface area contributed by atoms with Crippen LogP contribution in [0.1, 0.15) is 43.2 Å². The number of nitrogens with one attached hydrogen (secondary N) is 1. The SMILES string of the molecule is CSCC[C@H](C(=O)NCc1ccc(C(F)(F)F)cc1)N1C(=O)[C@H]2CCCC[C@H]2C1=O. The summed E-state index contributed by atoms with van der Waals surface area (Å²) in [6.07, 6.45) is 0.967. The number of hydrogen-bond donors (Lipinski definition) is 1. The summed E-state index contributed by atoms with van der Waals surface area (Å²) in [4.78, 5) is 39.8. The molecule has 1 saturated heterocycles. The van der Waals surface area contributed by atoms with Gasteiger partial charge in [-0.05, 0) is 49.0 Å². The number of imide groups is 1. The van der Waals surface area contributed by atoms with Crippen LogP contribution in [-0.4, -0.2) is 40.7 Å². The molecular formula is C21H25F3N2O3S. The fourth-order valence-electron chi connectivity index (χ4n) is 4.22. The largest absolute Gasteiger partial charge is 0.416 e. The second-order valence-corrected chi connectivity index (χ2v) is 8.74. The van der Waals surface area contributed by atoms with Crippen LogP contribution in [0, 0.1) is 11.8 Å². The van der Waals surface area contributed by atoms with Gasteiger partial charge in [0.05, 0.1) is 17.4 Å². The number of carbonyl (C=O) groups is 3. The van der Waals surface area contributed by atoms with E-state index in [2.05, 4.69) is 5.32 Å². The maximum absolute atomic E-state index is 12.9. The number of nitrogens with zero attached hydrogens (tertiary/aromatic N) is 1. The molecule has 1 aromatic carbocycles. The van der Waals surface area contributed by atoms with Gasteiger partial charge in [0.15, 0.2) is 0 Å². The quantitative estimate of drug-likeness (QED) is 0.655. The summed E-state index contributed by atoms with van der Waals surface area (Å²) in [7, 11) is 0. The Labute approximate surface area is 177 Å². The molecule has 0 unspecified atom stereocenters. The predicted octanol–water partition coefficient (Wildman–Crippen LogP) is 3.62. The summed E-state index contributed by atoms with van der Waals surface area (Å²) >= 11 is 1.52. The van der Waals surface area contributed by atoms with Crippen LogP contribution in [0.5, 0.6) is 0 Å². The van der Waals surface area contributed by atoms with Crippen molar-refractivity contribution in [1.29, 1.82) is 0 Å². The van der Waals surface area contributed by atoms with Crippen molar-refractivity contribution in [2.24, 2.45) is 11.8 Å². The Hall–Kier alpha value is -2.03. The number of amides is 3. The molecular weight excluding hydrogens is 417 g/mol. The average molecular weight is 443 g/mol. The molecule has 3 rings (SSSR count). The van der Waals surface area contributed by atoms with E-state index in [0.717, 1.165) is 29.9 Å². The van der Waals surface area contributed by atoms with Crippen molar-refractivity contribution in [1.82, 2.24) is 10.2 Å². The number of halogens is 3. The number of rotatable bonds is 7. The molecule has 0 bridgehead atoms. The lowest BCUT2D eigenvalue weighted by Crippen LogP contribution is -2.50. The standard InChI is InChI=1S/C21H25F3N2O3S/c1-30-11-10-17(26-19(28)15-4-2-3-5-16(15)20(26)29)18(27)25-12-13-6-8-14(9-7-13)21(22,23)24/h6-9,15-17H,2-5,10-12H2,1H3,(H,25,27)/t15-,16+,17-/m1/s1. The van der Waals surface area contributed by atoms with Crippen molar-refractivity contribution in [2.45, 2.75) is 50.9 Å². The van der Waals surface area contributed by atoms with Crippen molar-refractivity contribution in [2.75, 3.05) is 12.0 Å². The van der Waals surface area contributed by atoms with Crippen LogP contribution in [0.4, 0.5) is 13.2 Å². The summed E-state index contributed by atoms with van der Waals surface area (Å²) in [6, 6.07) is 3.65. The first-order valence-electron chi connectivity index (χ1n) is 10.0. The van der Waals surface area contributed by atoms with E-state index in [-0.39, 0.29) is 30.2 Å². The first kappa shape index (κ1) is 22.7. The van der Waals surface area contributed by atoms with Gasteiger partial charge in [0, 0.05) is 6.54 Å². The van der Waals surface area contributed by atoms with Crippen LogP contribution >= 0.6 is 11.8 Å². The smallest absolute Gasteiger partial charge is 0.350 e. The zero-order chi connectivity index (χ0) is 21.9. The van der Waals surface area contributed by atoms with Crippen molar-refractivity contribution < 1.29 is 27.6 Å². The maximum Gasteiger partial charge on any atom is 0.416 e. The molecule has 1 aliphatic heterocycles. The van der Waals surface area contributed by atoms with Gasteiger partial charge in [0.2, 0.25) is 17.7 Å². The van der Waals surface area contributed by atoms with Gasteiger partial charge in [-0.3, -0.25) is 19.3 Å². The predicted molar refractivity (Wildman–Crippen MR) is 107 cm³/mol. The number of likely N-dealkylation sites (tertiary alicyclic amines) is 1. The third kappa shape index (κ3) is 4.82. The molecule has 3 atom stereocenters. The zero-order valence-corrected chi connectivity index (χ0v) is 17.5. The van der Waals surface area contributed by atoms with E-state index in [1.807, 2.05) is 6.26 Å². The molecule has 2 aliphatic rings. The van der Waals surface area contributed by atoms with Crippen molar-refractivity contribution >= 4 is 29.5 Å². The molecule has 9 heteroatoms. The molecule has 0 aromatic heterocycles. The van der Waals surface area contributed by atoms with E-state index in [1.54, 1.807) is 0 Å². The molecule has 0 spiro atoms. The minimum Gasteiger partial charge on any atom is -0.350 e. The Morgan fingerprint density at radius 1 is 1.13 bits per heavy atom. The van der Waals surface area contributed by atoms with Gasteiger partial charge in [0.1, 0.15) is 6.04 Å². The minimum absolute atomic E-state index is 0.0236. The normalized spacial score (nSPS) is 22.7. The summed E-state index contributed by atoms with van der Waals surface area (Å²) in [6.45, 7) is 0.0236. The summed E-state index contributed by atoms with van der Waals surface area (Å²) in [5, 5.41) is 2.69. The molecule has 3 amide bonds. The fourth-order valence-corrected chi connectivity index (χ4v) is 4.68. The first-order chi connectivity index (χ1) is 14.2. The Balaban J connectivity index is 1.70. The Morgan fingerprint density at radius 2 is 1.70 bits per heavy atom. The molecule has 0 radical (unpaired) electrons. The second kappa shape index (κ2) is 9.41. The van der Waals surface area contributed by atoms with Crippen LogP contribution in [0.3, 0.4) is 0 Å².